The first-order chi connectivity index (χ1) is 6.27. The van der Waals surface area contributed by atoms with Gasteiger partial charge in [-0.2, -0.15) is 0 Å². The third kappa shape index (κ3) is 1.41. The number of hydrogen-bond donors (Lipinski definition) is 0. The molecule has 0 aliphatic heterocycles. The fourth-order valence-electron chi connectivity index (χ4n) is 3.40. The van der Waals surface area contributed by atoms with Crippen LogP contribution in [0.2, 0.25) is 0 Å². The zero-order valence-corrected chi connectivity index (χ0v) is 9.29. The van der Waals surface area contributed by atoms with Gasteiger partial charge in [0.25, 0.3) is 0 Å². The quantitative estimate of drug-likeness (QED) is 0.644. The van der Waals surface area contributed by atoms with Crippen molar-refractivity contribution in [2.75, 3.05) is 13.1 Å². The summed E-state index contributed by atoms with van der Waals surface area (Å²) in [4.78, 5) is 2.62. The largest absolute Gasteiger partial charge is 0.301 e. The fraction of sp³-hybridized carbons (Fsp3) is 1.00. The van der Waals surface area contributed by atoms with Crippen LogP contribution in [0.5, 0.6) is 0 Å². The molecular weight excluding hydrogens is 158 g/mol. The molecule has 2 rings (SSSR count). The predicted octanol–water partition coefficient (Wildman–Crippen LogP) is 2.76. The molecule has 0 saturated heterocycles. The Balaban J connectivity index is 1.85. The molecule has 0 heterocycles. The Labute approximate surface area is 82.5 Å². The normalized spacial score (nSPS) is 39.2. The summed E-state index contributed by atoms with van der Waals surface area (Å²) in [7, 11) is 0. The molecule has 2 saturated carbocycles. The zero-order valence-electron chi connectivity index (χ0n) is 9.29. The van der Waals surface area contributed by atoms with Crippen LogP contribution in [0.4, 0.5) is 0 Å². The van der Waals surface area contributed by atoms with Gasteiger partial charge in [-0.15, -0.1) is 0 Å². The maximum atomic E-state index is 2.62. The Hall–Kier alpha value is -0.0400. The molecule has 1 heteroatoms. The molecule has 2 aliphatic carbocycles. The highest BCUT2D eigenvalue weighted by Crippen LogP contribution is 2.55. The molecule has 0 aromatic carbocycles. The molecular formula is C12H23N. The molecule has 2 fully saturated rings. The van der Waals surface area contributed by atoms with E-state index in [2.05, 4.69) is 25.7 Å². The van der Waals surface area contributed by atoms with Crippen molar-refractivity contribution in [3.05, 3.63) is 0 Å². The second-order valence-corrected chi connectivity index (χ2v) is 4.86. The van der Waals surface area contributed by atoms with Crippen molar-refractivity contribution in [1.29, 1.82) is 0 Å². The SMILES string of the molecule is CCN(CC)C(C)C1CC2CCC21. The van der Waals surface area contributed by atoms with Gasteiger partial charge in [-0.1, -0.05) is 13.8 Å². The second kappa shape index (κ2) is 3.61. The van der Waals surface area contributed by atoms with E-state index >= 15 is 0 Å². The molecule has 0 aromatic rings. The standard InChI is InChI=1S/C12H23N/c1-4-13(5-2)9(3)12-8-10-6-7-11(10)12/h9-12H,4-8H2,1-3H3. The minimum absolute atomic E-state index is 0.844. The highest BCUT2D eigenvalue weighted by molar-refractivity contribution is 5.00. The zero-order chi connectivity index (χ0) is 9.42. The van der Waals surface area contributed by atoms with Gasteiger partial charge in [0.2, 0.25) is 0 Å². The van der Waals surface area contributed by atoms with Crippen molar-refractivity contribution >= 4 is 0 Å². The number of rotatable bonds is 4. The van der Waals surface area contributed by atoms with Crippen molar-refractivity contribution in [1.82, 2.24) is 4.90 Å². The molecule has 2 aliphatic rings. The Morgan fingerprint density at radius 3 is 2.23 bits per heavy atom. The summed E-state index contributed by atoms with van der Waals surface area (Å²) in [5, 5.41) is 0. The van der Waals surface area contributed by atoms with E-state index in [1.165, 1.54) is 32.4 Å². The fourth-order valence-corrected chi connectivity index (χ4v) is 3.40. The second-order valence-electron chi connectivity index (χ2n) is 4.86. The molecule has 1 nitrogen and oxygen atoms in total. The van der Waals surface area contributed by atoms with Crippen LogP contribution >= 0.6 is 0 Å². The summed E-state index contributed by atoms with van der Waals surface area (Å²) < 4.78 is 0. The van der Waals surface area contributed by atoms with E-state index in [0.717, 1.165) is 23.8 Å². The van der Waals surface area contributed by atoms with E-state index in [9.17, 15) is 0 Å². The molecule has 13 heavy (non-hydrogen) atoms. The summed E-state index contributed by atoms with van der Waals surface area (Å²) in [5.41, 5.74) is 0. The Morgan fingerprint density at radius 2 is 1.92 bits per heavy atom. The van der Waals surface area contributed by atoms with Gasteiger partial charge >= 0.3 is 0 Å². The van der Waals surface area contributed by atoms with Gasteiger partial charge in [0.05, 0.1) is 0 Å². The van der Waals surface area contributed by atoms with Crippen molar-refractivity contribution in [3.63, 3.8) is 0 Å². The Morgan fingerprint density at radius 1 is 1.23 bits per heavy atom. The van der Waals surface area contributed by atoms with E-state index in [0.29, 0.717) is 0 Å². The van der Waals surface area contributed by atoms with E-state index in [1.54, 1.807) is 0 Å². The van der Waals surface area contributed by atoms with Crippen LogP contribution in [0, 0.1) is 17.8 Å². The van der Waals surface area contributed by atoms with Gasteiger partial charge in [-0.25, -0.2) is 0 Å². The number of nitrogens with zero attached hydrogens (tertiary/aromatic N) is 1. The average Bonchev–Trinajstić information content (AvgIpc) is 2.11. The molecule has 0 aromatic heterocycles. The monoisotopic (exact) mass is 181 g/mol. The molecule has 4 unspecified atom stereocenters. The first kappa shape index (κ1) is 9.51. The summed E-state index contributed by atoms with van der Waals surface area (Å²) >= 11 is 0. The van der Waals surface area contributed by atoms with Gasteiger partial charge in [0, 0.05) is 6.04 Å². The highest BCUT2D eigenvalue weighted by Gasteiger charge is 2.49. The lowest BCUT2D eigenvalue weighted by Crippen LogP contribution is -2.53. The first-order valence-corrected chi connectivity index (χ1v) is 6.02. The average molecular weight is 181 g/mol. The molecule has 4 atom stereocenters. The summed E-state index contributed by atoms with van der Waals surface area (Å²) in [5.74, 6) is 3.30. The van der Waals surface area contributed by atoms with Crippen LogP contribution in [0.15, 0.2) is 0 Å². The lowest BCUT2D eigenvalue weighted by Gasteiger charge is -2.57. The molecule has 0 amide bonds. The smallest absolute Gasteiger partial charge is 0.00978 e. The molecule has 0 radical (unpaired) electrons. The van der Waals surface area contributed by atoms with Crippen molar-refractivity contribution in [2.24, 2.45) is 17.8 Å². The van der Waals surface area contributed by atoms with Crippen molar-refractivity contribution in [2.45, 2.75) is 46.1 Å². The third-order valence-corrected chi connectivity index (χ3v) is 4.61. The van der Waals surface area contributed by atoms with Crippen molar-refractivity contribution < 1.29 is 0 Å². The molecule has 76 valence electrons. The van der Waals surface area contributed by atoms with Crippen LogP contribution in [-0.2, 0) is 0 Å². The van der Waals surface area contributed by atoms with Gasteiger partial charge in [-0.3, -0.25) is 0 Å². The van der Waals surface area contributed by atoms with Gasteiger partial charge in [-0.05, 0) is 57.0 Å². The van der Waals surface area contributed by atoms with Gasteiger partial charge in [0.1, 0.15) is 0 Å². The van der Waals surface area contributed by atoms with Crippen LogP contribution in [-0.4, -0.2) is 24.0 Å². The number of fused-ring (bicyclic) bond motifs is 1. The van der Waals surface area contributed by atoms with E-state index in [4.69, 9.17) is 0 Å². The van der Waals surface area contributed by atoms with Crippen molar-refractivity contribution in [3.8, 4) is 0 Å². The van der Waals surface area contributed by atoms with Gasteiger partial charge in [0.15, 0.2) is 0 Å². The topological polar surface area (TPSA) is 3.24 Å². The minimum Gasteiger partial charge on any atom is -0.301 e. The Kier molecular flexibility index (Phi) is 2.64. The first-order valence-electron chi connectivity index (χ1n) is 6.02. The van der Waals surface area contributed by atoms with E-state index in [-0.39, 0.29) is 0 Å². The molecule has 0 N–H and O–H groups in total. The minimum atomic E-state index is 0.844. The van der Waals surface area contributed by atoms with Crippen LogP contribution in [0.1, 0.15) is 40.0 Å². The van der Waals surface area contributed by atoms with E-state index < -0.39 is 0 Å². The summed E-state index contributed by atoms with van der Waals surface area (Å²) in [6, 6.07) is 0.844. The highest BCUT2D eigenvalue weighted by atomic mass is 15.1. The molecule has 0 bridgehead atoms. The number of hydrogen-bond acceptors (Lipinski definition) is 1. The lowest BCUT2D eigenvalue weighted by molar-refractivity contribution is -0.0677. The maximum Gasteiger partial charge on any atom is 0.00978 e. The maximum absolute atomic E-state index is 2.62. The summed E-state index contributed by atoms with van der Waals surface area (Å²) in [6.45, 7) is 9.47. The van der Waals surface area contributed by atoms with E-state index in [1.807, 2.05) is 0 Å². The Bertz CT molecular complexity index is 174. The lowest BCUT2D eigenvalue weighted by atomic mass is 9.51. The third-order valence-electron chi connectivity index (χ3n) is 4.61. The van der Waals surface area contributed by atoms with Crippen LogP contribution in [0.25, 0.3) is 0 Å². The van der Waals surface area contributed by atoms with Crippen LogP contribution in [0.3, 0.4) is 0 Å². The summed E-state index contributed by atoms with van der Waals surface area (Å²) in [6.07, 6.45) is 4.59. The van der Waals surface area contributed by atoms with Crippen LogP contribution < -0.4 is 0 Å². The molecule has 0 spiro atoms. The predicted molar refractivity (Wildman–Crippen MR) is 56.7 cm³/mol. The van der Waals surface area contributed by atoms with Gasteiger partial charge < -0.3 is 4.90 Å².